The van der Waals surface area contributed by atoms with E-state index in [0.29, 0.717) is 5.56 Å². The molecule has 1 aromatic heterocycles. The van der Waals surface area contributed by atoms with E-state index < -0.39 is 5.54 Å². The smallest absolute Gasteiger partial charge is 0.193 e. The van der Waals surface area contributed by atoms with Gasteiger partial charge < -0.3 is 4.57 Å². The van der Waals surface area contributed by atoms with Crippen LogP contribution in [0.25, 0.3) is 0 Å². The van der Waals surface area contributed by atoms with Gasteiger partial charge in [0.2, 0.25) is 0 Å². The number of aryl methyl sites for hydroxylation is 1. The zero-order valence-corrected chi connectivity index (χ0v) is 20.9. The van der Waals surface area contributed by atoms with Crippen LogP contribution in [0.5, 0.6) is 0 Å². The van der Waals surface area contributed by atoms with Crippen molar-refractivity contribution in [3.63, 3.8) is 0 Å². The van der Waals surface area contributed by atoms with E-state index in [1.54, 1.807) is 6.20 Å². The molecule has 0 fully saturated rings. The quantitative estimate of drug-likeness (QED) is 0.151. The first kappa shape index (κ1) is 24.4. The SMILES string of the molecule is Cc1cccc(C(=O)c2ccc(C(c3ccccc3)(c3ccccc3)n3ccnc3)cc2)c1C.[Mn]. The minimum absolute atomic E-state index is 0. The van der Waals surface area contributed by atoms with E-state index in [1.165, 1.54) is 0 Å². The standard InChI is InChI=1S/C31H26N2O.Mn/c1-23-10-9-15-29(24(23)2)30(34)25-16-18-28(19-17-25)31(33-21-20-32-22-33,26-11-5-3-6-12-26)27-13-7-4-8-14-27;/h3-22H,1-2H3;. The first-order chi connectivity index (χ1) is 16.6. The van der Waals surface area contributed by atoms with Crippen molar-refractivity contribution >= 4 is 5.78 Å². The van der Waals surface area contributed by atoms with Gasteiger partial charge in [0.1, 0.15) is 5.54 Å². The molecule has 4 heteroatoms. The molecule has 0 aliphatic carbocycles. The van der Waals surface area contributed by atoms with Crippen molar-refractivity contribution in [2.45, 2.75) is 19.4 Å². The number of carbonyl (C=O) groups excluding carboxylic acids is 1. The number of benzene rings is 4. The Morgan fingerprint density at radius 3 is 1.83 bits per heavy atom. The van der Waals surface area contributed by atoms with Gasteiger partial charge in [-0.25, -0.2) is 4.98 Å². The molecule has 0 aliphatic rings. The molecule has 3 nitrogen and oxygen atoms in total. The Hall–Kier alpha value is -3.72. The van der Waals surface area contributed by atoms with Gasteiger partial charge in [-0.1, -0.05) is 103 Å². The van der Waals surface area contributed by atoms with E-state index in [9.17, 15) is 4.79 Å². The van der Waals surface area contributed by atoms with Gasteiger partial charge >= 0.3 is 0 Å². The molecule has 0 aliphatic heterocycles. The van der Waals surface area contributed by atoms with Gasteiger partial charge in [0.05, 0.1) is 6.33 Å². The van der Waals surface area contributed by atoms with Crippen molar-refractivity contribution in [2.75, 3.05) is 0 Å². The Labute approximate surface area is 217 Å². The number of ketones is 1. The molecule has 1 radical (unpaired) electrons. The molecule has 1 heterocycles. The molecule has 0 atom stereocenters. The van der Waals surface area contributed by atoms with Gasteiger partial charge in [-0.05, 0) is 41.7 Å². The van der Waals surface area contributed by atoms with Crippen LogP contribution < -0.4 is 0 Å². The van der Waals surface area contributed by atoms with Gasteiger partial charge in [0.25, 0.3) is 0 Å². The molecular weight excluding hydrogens is 471 g/mol. The maximum absolute atomic E-state index is 13.3. The van der Waals surface area contributed by atoms with E-state index in [-0.39, 0.29) is 22.9 Å². The summed E-state index contributed by atoms with van der Waals surface area (Å²) >= 11 is 0. The van der Waals surface area contributed by atoms with E-state index >= 15 is 0 Å². The molecule has 35 heavy (non-hydrogen) atoms. The first-order valence-electron chi connectivity index (χ1n) is 11.4. The van der Waals surface area contributed by atoms with Gasteiger partial charge in [-0.2, -0.15) is 0 Å². The van der Waals surface area contributed by atoms with E-state index in [4.69, 9.17) is 0 Å². The predicted molar refractivity (Wildman–Crippen MR) is 136 cm³/mol. The molecule has 0 unspecified atom stereocenters. The summed E-state index contributed by atoms with van der Waals surface area (Å²) in [6.07, 6.45) is 5.66. The number of imidazole rings is 1. The van der Waals surface area contributed by atoms with Crippen molar-refractivity contribution in [3.05, 3.63) is 161 Å². The fourth-order valence-electron chi connectivity index (χ4n) is 4.78. The molecule has 173 valence electrons. The van der Waals surface area contributed by atoms with Crippen molar-refractivity contribution in [3.8, 4) is 0 Å². The van der Waals surface area contributed by atoms with Crippen LogP contribution in [0.1, 0.15) is 43.7 Å². The number of carbonyl (C=O) groups is 1. The molecule has 5 rings (SSSR count). The third-order valence-electron chi connectivity index (χ3n) is 6.69. The summed E-state index contributed by atoms with van der Waals surface area (Å²) < 4.78 is 2.14. The van der Waals surface area contributed by atoms with Crippen LogP contribution in [0.4, 0.5) is 0 Å². The van der Waals surface area contributed by atoms with Crippen LogP contribution in [0.2, 0.25) is 0 Å². The zero-order valence-electron chi connectivity index (χ0n) is 19.7. The van der Waals surface area contributed by atoms with Crippen molar-refractivity contribution < 1.29 is 21.9 Å². The first-order valence-corrected chi connectivity index (χ1v) is 11.4. The Balaban J connectivity index is 0.00000289. The summed E-state index contributed by atoms with van der Waals surface area (Å²) in [6, 6.07) is 34.8. The Kier molecular flexibility index (Phi) is 7.16. The minimum Gasteiger partial charge on any atom is -0.319 e. The van der Waals surface area contributed by atoms with Crippen molar-refractivity contribution in [1.82, 2.24) is 9.55 Å². The van der Waals surface area contributed by atoms with Crippen LogP contribution in [0.15, 0.2) is 122 Å². The molecular formula is C31H26MnN2O. The number of hydrogen-bond donors (Lipinski definition) is 0. The number of nitrogens with zero attached hydrogens (tertiary/aromatic N) is 2. The molecule has 0 saturated carbocycles. The summed E-state index contributed by atoms with van der Waals surface area (Å²) in [6.45, 7) is 4.04. The van der Waals surface area contributed by atoms with Gasteiger partial charge in [-0.15, -0.1) is 0 Å². The van der Waals surface area contributed by atoms with Crippen LogP contribution in [-0.2, 0) is 22.6 Å². The second kappa shape index (κ2) is 10.3. The topological polar surface area (TPSA) is 34.9 Å². The maximum Gasteiger partial charge on any atom is 0.193 e. The average molecular weight is 498 g/mol. The summed E-state index contributed by atoms with van der Waals surface area (Å²) in [4.78, 5) is 17.7. The van der Waals surface area contributed by atoms with Crippen molar-refractivity contribution in [1.29, 1.82) is 0 Å². The molecule has 0 amide bonds. The second-order valence-corrected chi connectivity index (χ2v) is 8.57. The third-order valence-corrected chi connectivity index (χ3v) is 6.69. The summed E-state index contributed by atoms with van der Waals surface area (Å²) in [5.74, 6) is 0.0420. The molecule has 4 aromatic carbocycles. The van der Waals surface area contributed by atoms with Gasteiger partial charge in [-0.3, -0.25) is 4.79 Å². The van der Waals surface area contributed by atoms with Crippen LogP contribution in [0.3, 0.4) is 0 Å². The van der Waals surface area contributed by atoms with E-state index in [2.05, 4.69) is 70.2 Å². The van der Waals surface area contributed by atoms with Crippen LogP contribution >= 0.6 is 0 Å². The normalized spacial score (nSPS) is 11.0. The number of hydrogen-bond acceptors (Lipinski definition) is 2. The predicted octanol–water partition coefficient (Wildman–Crippen LogP) is 6.57. The summed E-state index contributed by atoms with van der Waals surface area (Å²) in [5, 5.41) is 0. The molecule has 5 aromatic rings. The average Bonchev–Trinajstić information content (AvgIpc) is 3.43. The Morgan fingerprint density at radius 1 is 0.714 bits per heavy atom. The molecule has 0 saturated heterocycles. The second-order valence-electron chi connectivity index (χ2n) is 8.57. The summed E-state index contributed by atoms with van der Waals surface area (Å²) in [7, 11) is 0. The van der Waals surface area contributed by atoms with Gasteiger partial charge in [0, 0.05) is 40.6 Å². The monoisotopic (exact) mass is 497 g/mol. The van der Waals surface area contributed by atoms with Gasteiger partial charge in [0.15, 0.2) is 5.78 Å². The molecule has 0 N–H and O–H groups in total. The maximum atomic E-state index is 13.3. The fourth-order valence-corrected chi connectivity index (χ4v) is 4.78. The van der Waals surface area contributed by atoms with Crippen LogP contribution in [0, 0.1) is 13.8 Å². The van der Waals surface area contributed by atoms with Crippen molar-refractivity contribution in [2.24, 2.45) is 0 Å². The summed E-state index contributed by atoms with van der Waals surface area (Å²) in [5.41, 5.74) is 6.24. The minimum atomic E-state index is -0.625. The third kappa shape index (κ3) is 4.27. The number of aromatic nitrogens is 2. The number of rotatable bonds is 6. The molecule has 0 spiro atoms. The zero-order chi connectivity index (χ0) is 23.5. The van der Waals surface area contributed by atoms with Crippen LogP contribution in [-0.4, -0.2) is 15.3 Å². The Bertz CT molecular complexity index is 1370. The Morgan fingerprint density at radius 2 is 1.29 bits per heavy atom. The largest absolute Gasteiger partial charge is 0.319 e. The molecule has 0 bridgehead atoms. The fraction of sp³-hybridized carbons (Fsp3) is 0.0968. The van der Waals surface area contributed by atoms with E-state index in [1.807, 2.05) is 68.8 Å². The van der Waals surface area contributed by atoms with E-state index in [0.717, 1.165) is 33.4 Å².